The molecule has 1 amide bonds. The summed E-state index contributed by atoms with van der Waals surface area (Å²) < 4.78 is 18.2. The molecule has 0 spiro atoms. The monoisotopic (exact) mass is 398 g/mol. The molecular formula is C21H19FN2O3S. The normalized spacial score (nSPS) is 10.5. The van der Waals surface area contributed by atoms with E-state index in [1.54, 1.807) is 10.3 Å². The number of amides is 1. The molecule has 5 nitrogen and oxygen atoms in total. The summed E-state index contributed by atoms with van der Waals surface area (Å²) in [5, 5.41) is 2.26. The van der Waals surface area contributed by atoms with Crippen molar-refractivity contribution in [3.63, 3.8) is 0 Å². The number of hydrogen-bond donors (Lipinski definition) is 0. The van der Waals surface area contributed by atoms with E-state index < -0.39 is 11.8 Å². The Kier molecular flexibility index (Phi) is 6.16. The van der Waals surface area contributed by atoms with E-state index in [1.165, 1.54) is 42.5 Å². The smallest absolute Gasteiger partial charge is 0.338 e. The van der Waals surface area contributed by atoms with Gasteiger partial charge in [0.05, 0.1) is 16.9 Å². The van der Waals surface area contributed by atoms with E-state index in [-0.39, 0.29) is 18.1 Å². The van der Waals surface area contributed by atoms with Crippen LogP contribution in [0.1, 0.15) is 35.5 Å². The number of hydrogen-bond acceptors (Lipinski definition) is 5. The van der Waals surface area contributed by atoms with E-state index in [1.807, 2.05) is 31.2 Å². The number of carbonyl (C=O) groups is 2. The van der Waals surface area contributed by atoms with Gasteiger partial charge >= 0.3 is 5.97 Å². The molecule has 3 aromatic rings. The number of thiazole rings is 1. The Morgan fingerprint density at radius 2 is 1.86 bits per heavy atom. The lowest BCUT2D eigenvalue weighted by molar-refractivity contribution is -0.115. The number of rotatable bonds is 6. The van der Waals surface area contributed by atoms with Gasteiger partial charge in [0.15, 0.2) is 5.13 Å². The highest BCUT2D eigenvalue weighted by molar-refractivity contribution is 7.14. The summed E-state index contributed by atoms with van der Waals surface area (Å²) in [5.74, 6) is -1.13. The van der Waals surface area contributed by atoms with Gasteiger partial charge in [-0.1, -0.05) is 25.1 Å². The van der Waals surface area contributed by atoms with Gasteiger partial charge < -0.3 is 4.74 Å². The summed E-state index contributed by atoms with van der Waals surface area (Å²) >= 11 is 1.30. The average Bonchev–Trinajstić information content (AvgIpc) is 3.15. The molecular weight excluding hydrogens is 379 g/mol. The minimum atomic E-state index is -0.561. The number of aromatic nitrogens is 1. The van der Waals surface area contributed by atoms with Crippen LogP contribution in [0.2, 0.25) is 0 Å². The van der Waals surface area contributed by atoms with Crippen LogP contribution < -0.4 is 4.90 Å². The Morgan fingerprint density at radius 3 is 2.54 bits per heavy atom. The number of benzene rings is 2. The molecule has 0 saturated heterocycles. The second-order valence-corrected chi connectivity index (χ2v) is 6.88. The molecule has 28 heavy (non-hydrogen) atoms. The van der Waals surface area contributed by atoms with Crippen LogP contribution in [0.4, 0.5) is 15.2 Å². The Bertz CT molecular complexity index is 985. The van der Waals surface area contributed by atoms with Crippen LogP contribution in [0.3, 0.4) is 0 Å². The number of anilines is 2. The first-order chi connectivity index (χ1) is 13.5. The molecule has 0 atom stereocenters. The van der Waals surface area contributed by atoms with Gasteiger partial charge in [0.1, 0.15) is 12.4 Å². The van der Waals surface area contributed by atoms with Gasteiger partial charge in [-0.2, -0.15) is 0 Å². The fraction of sp³-hybridized carbons (Fsp3) is 0.190. The number of para-hydroxylation sites is 1. The SMILES string of the molecule is CCc1ccccc1N(C(C)=O)c1nc(COC(=O)c2ccc(F)cc2)cs1. The van der Waals surface area contributed by atoms with Crippen molar-refractivity contribution in [2.45, 2.75) is 26.9 Å². The van der Waals surface area contributed by atoms with Gasteiger partial charge in [-0.15, -0.1) is 11.3 Å². The zero-order valence-corrected chi connectivity index (χ0v) is 16.3. The fourth-order valence-electron chi connectivity index (χ4n) is 2.71. The van der Waals surface area contributed by atoms with Crippen LogP contribution in [-0.4, -0.2) is 16.9 Å². The number of nitrogens with zero attached hydrogens (tertiary/aromatic N) is 2. The molecule has 0 aliphatic rings. The van der Waals surface area contributed by atoms with Crippen molar-refractivity contribution in [3.8, 4) is 0 Å². The highest BCUT2D eigenvalue weighted by atomic mass is 32.1. The number of ether oxygens (including phenoxy) is 1. The van der Waals surface area contributed by atoms with Crippen molar-refractivity contribution in [1.29, 1.82) is 0 Å². The largest absolute Gasteiger partial charge is 0.456 e. The molecule has 0 unspecified atom stereocenters. The van der Waals surface area contributed by atoms with E-state index in [0.717, 1.165) is 17.7 Å². The molecule has 0 aliphatic heterocycles. The van der Waals surface area contributed by atoms with Crippen LogP contribution in [-0.2, 0) is 22.6 Å². The third-order valence-electron chi connectivity index (χ3n) is 4.09. The molecule has 0 radical (unpaired) electrons. The van der Waals surface area contributed by atoms with E-state index >= 15 is 0 Å². The quantitative estimate of drug-likeness (QED) is 0.555. The molecule has 0 bridgehead atoms. The first-order valence-corrected chi connectivity index (χ1v) is 9.63. The predicted octanol–water partition coefficient (Wildman–Crippen LogP) is 4.89. The van der Waals surface area contributed by atoms with Crippen molar-refractivity contribution >= 4 is 34.0 Å². The number of carbonyl (C=O) groups excluding carboxylic acids is 2. The third-order valence-corrected chi connectivity index (χ3v) is 4.96. The molecule has 1 aromatic heterocycles. The van der Waals surface area contributed by atoms with Crippen LogP contribution >= 0.6 is 11.3 Å². The van der Waals surface area contributed by atoms with E-state index in [2.05, 4.69) is 4.98 Å². The van der Waals surface area contributed by atoms with Crippen LogP contribution in [0, 0.1) is 5.82 Å². The van der Waals surface area contributed by atoms with Gasteiger partial charge in [0.25, 0.3) is 0 Å². The van der Waals surface area contributed by atoms with Gasteiger partial charge in [-0.25, -0.2) is 14.2 Å². The minimum Gasteiger partial charge on any atom is -0.456 e. The summed E-state index contributed by atoms with van der Waals surface area (Å²) in [6.45, 7) is 3.48. The van der Waals surface area contributed by atoms with Gasteiger partial charge in [0.2, 0.25) is 5.91 Å². The molecule has 0 saturated carbocycles. The lowest BCUT2D eigenvalue weighted by atomic mass is 10.1. The summed E-state index contributed by atoms with van der Waals surface area (Å²) in [6.07, 6.45) is 0.785. The van der Waals surface area contributed by atoms with Crippen molar-refractivity contribution in [3.05, 3.63) is 76.5 Å². The molecule has 0 fully saturated rings. The highest BCUT2D eigenvalue weighted by Gasteiger charge is 2.20. The second kappa shape index (κ2) is 8.75. The van der Waals surface area contributed by atoms with Crippen LogP contribution in [0.5, 0.6) is 0 Å². The lowest BCUT2D eigenvalue weighted by Crippen LogP contribution is -2.23. The minimum absolute atomic E-state index is 0.0339. The summed E-state index contributed by atoms with van der Waals surface area (Å²) in [6, 6.07) is 12.8. The Balaban J connectivity index is 1.75. The standard InChI is InChI=1S/C21H19FN2O3S/c1-3-15-6-4-5-7-19(15)24(14(2)25)21-23-18(13-28-21)12-27-20(26)16-8-10-17(22)11-9-16/h4-11,13H,3,12H2,1-2H3. The van der Waals surface area contributed by atoms with E-state index in [9.17, 15) is 14.0 Å². The van der Waals surface area contributed by atoms with E-state index in [0.29, 0.717) is 10.8 Å². The fourth-order valence-corrected chi connectivity index (χ4v) is 3.57. The van der Waals surface area contributed by atoms with Crippen LogP contribution in [0.15, 0.2) is 53.9 Å². The van der Waals surface area contributed by atoms with Crippen molar-refractivity contribution in [1.82, 2.24) is 4.98 Å². The maximum atomic E-state index is 12.9. The third kappa shape index (κ3) is 4.43. The summed E-state index contributed by atoms with van der Waals surface area (Å²) in [5.41, 5.74) is 2.63. The Labute approximate surface area is 166 Å². The highest BCUT2D eigenvalue weighted by Crippen LogP contribution is 2.31. The Hall–Kier alpha value is -3.06. The maximum absolute atomic E-state index is 12.9. The zero-order valence-electron chi connectivity index (χ0n) is 15.5. The topological polar surface area (TPSA) is 59.5 Å². The van der Waals surface area contributed by atoms with E-state index in [4.69, 9.17) is 4.74 Å². The summed E-state index contributed by atoms with van der Waals surface area (Å²) in [4.78, 5) is 30.3. The van der Waals surface area contributed by atoms with Crippen LogP contribution in [0.25, 0.3) is 0 Å². The van der Waals surface area contributed by atoms with Crippen molar-refractivity contribution < 1.29 is 18.7 Å². The molecule has 144 valence electrons. The average molecular weight is 398 g/mol. The molecule has 0 N–H and O–H groups in total. The maximum Gasteiger partial charge on any atom is 0.338 e. The van der Waals surface area contributed by atoms with Crippen molar-refractivity contribution in [2.24, 2.45) is 0 Å². The summed E-state index contributed by atoms with van der Waals surface area (Å²) in [7, 11) is 0. The van der Waals surface area contributed by atoms with Crippen molar-refractivity contribution in [2.75, 3.05) is 4.90 Å². The zero-order chi connectivity index (χ0) is 20.1. The van der Waals surface area contributed by atoms with Gasteiger partial charge in [-0.05, 0) is 42.3 Å². The van der Waals surface area contributed by atoms with Gasteiger partial charge in [0, 0.05) is 12.3 Å². The second-order valence-electron chi connectivity index (χ2n) is 6.04. The number of aryl methyl sites for hydroxylation is 1. The first-order valence-electron chi connectivity index (χ1n) is 8.75. The number of esters is 1. The molecule has 7 heteroatoms. The molecule has 3 rings (SSSR count). The first kappa shape index (κ1) is 19.7. The molecule has 2 aromatic carbocycles. The molecule has 1 heterocycles. The lowest BCUT2D eigenvalue weighted by Gasteiger charge is -2.20. The number of halogens is 1. The van der Waals surface area contributed by atoms with Gasteiger partial charge in [-0.3, -0.25) is 9.69 Å². The predicted molar refractivity (Wildman–Crippen MR) is 106 cm³/mol. The molecule has 0 aliphatic carbocycles. The Morgan fingerprint density at radius 1 is 1.14 bits per heavy atom.